The number of hydrogen-bond donors (Lipinski definition) is 1. The van der Waals surface area contributed by atoms with E-state index in [1.807, 2.05) is 4.90 Å². The Labute approximate surface area is 133 Å². The fourth-order valence-corrected chi connectivity index (χ4v) is 2.96. The Morgan fingerprint density at radius 3 is 2.58 bits per heavy atom. The van der Waals surface area contributed by atoms with Crippen LogP contribution in [0.1, 0.15) is 5.56 Å². The maximum atomic E-state index is 14.3. The fraction of sp³-hybridized carbons (Fsp3) is 0.333. The third kappa shape index (κ3) is 2.35. The molecule has 3 heterocycles. The summed E-state index contributed by atoms with van der Waals surface area (Å²) in [6.45, 7) is 2.82. The van der Waals surface area contributed by atoms with Crippen molar-refractivity contribution in [1.82, 2.24) is 19.9 Å². The average Bonchev–Trinajstić information content (AvgIpc) is 3.04. The second-order valence-electron chi connectivity index (χ2n) is 5.63. The van der Waals surface area contributed by atoms with Gasteiger partial charge < -0.3 is 10.2 Å². The van der Waals surface area contributed by atoms with Crippen molar-refractivity contribution in [2.75, 3.05) is 31.1 Å². The van der Waals surface area contributed by atoms with E-state index >= 15 is 0 Å². The van der Waals surface area contributed by atoms with E-state index in [1.54, 1.807) is 6.07 Å². The van der Waals surface area contributed by atoms with Crippen molar-refractivity contribution in [3.63, 3.8) is 0 Å². The van der Waals surface area contributed by atoms with Crippen molar-refractivity contribution in [3.05, 3.63) is 35.8 Å². The van der Waals surface area contributed by atoms with Gasteiger partial charge in [-0.05, 0) is 18.2 Å². The summed E-state index contributed by atoms with van der Waals surface area (Å²) in [6, 6.07) is 2.98. The van der Waals surface area contributed by atoms with Gasteiger partial charge in [-0.2, -0.15) is 22.8 Å². The molecule has 0 amide bonds. The molecule has 9 heteroatoms. The third-order valence-electron chi connectivity index (χ3n) is 4.11. The molecule has 4 rings (SSSR count). The number of nitrogens with zero attached hydrogens (tertiary/aromatic N) is 4. The lowest BCUT2D eigenvalue weighted by Crippen LogP contribution is -2.44. The van der Waals surface area contributed by atoms with Crippen LogP contribution in [0.2, 0.25) is 0 Å². The van der Waals surface area contributed by atoms with Gasteiger partial charge in [0, 0.05) is 31.6 Å². The molecule has 3 aromatic rings. The van der Waals surface area contributed by atoms with Crippen LogP contribution in [-0.4, -0.2) is 40.8 Å². The molecular weight excluding hydrogens is 326 g/mol. The van der Waals surface area contributed by atoms with Crippen molar-refractivity contribution in [2.24, 2.45) is 0 Å². The zero-order valence-electron chi connectivity index (χ0n) is 12.4. The van der Waals surface area contributed by atoms with Crippen LogP contribution >= 0.6 is 0 Å². The molecule has 1 aliphatic rings. The number of rotatable bonds is 1. The molecule has 0 bridgehead atoms. The second kappa shape index (κ2) is 5.30. The van der Waals surface area contributed by atoms with Crippen molar-refractivity contribution in [3.8, 4) is 0 Å². The van der Waals surface area contributed by atoms with Gasteiger partial charge in [0.05, 0.1) is 17.3 Å². The van der Waals surface area contributed by atoms with Crippen LogP contribution in [0.3, 0.4) is 0 Å². The monoisotopic (exact) mass is 339 g/mol. The SMILES string of the molecule is Fc1cc(C(F)(F)F)cc2c1nc(N1CCNCC1)n1nccc21. The number of hydrogen-bond acceptors (Lipinski definition) is 4. The Bertz CT molecular complexity index is 911. The summed E-state index contributed by atoms with van der Waals surface area (Å²) in [7, 11) is 0. The zero-order valence-corrected chi connectivity index (χ0v) is 12.4. The molecule has 24 heavy (non-hydrogen) atoms. The van der Waals surface area contributed by atoms with E-state index in [0.29, 0.717) is 30.6 Å². The van der Waals surface area contributed by atoms with Gasteiger partial charge in [0.1, 0.15) is 11.3 Å². The first-order valence-electron chi connectivity index (χ1n) is 7.45. The summed E-state index contributed by atoms with van der Waals surface area (Å²) in [6.07, 6.45) is -3.15. The number of nitrogens with one attached hydrogen (secondary N) is 1. The molecule has 5 nitrogen and oxygen atoms in total. The van der Waals surface area contributed by atoms with Gasteiger partial charge in [-0.1, -0.05) is 0 Å². The van der Waals surface area contributed by atoms with Crippen molar-refractivity contribution < 1.29 is 17.6 Å². The molecular formula is C15H13F4N5. The number of anilines is 1. The molecule has 0 atom stereocenters. The summed E-state index contributed by atoms with van der Waals surface area (Å²) in [5.41, 5.74) is -0.713. The molecule has 1 saturated heterocycles. The van der Waals surface area contributed by atoms with Crippen molar-refractivity contribution in [1.29, 1.82) is 0 Å². The van der Waals surface area contributed by atoms with E-state index in [9.17, 15) is 17.6 Å². The fourth-order valence-electron chi connectivity index (χ4n) is 2.96. The van der Waals surface area contributed by atoms with Crippen LogP contribution in [0.15, 0.2) is 24.4 Å². The highest BCUT2D eigenvalue weighted by Crippen LogP contribution is 2.34. The standard InChI is InChI=1S/C15H13F4N5/c16-11-8-9(15(17,18)19)7-10-12-1-2-21-24(12)14(22-13(10)11)23-5-3-20-4-6-23/h1-2,7-8,20H,3-6H2. The highest BCUT2D eigenvalue weighted by Gasteiger charge is 2.32. The quantitative estimate of drug-likeness (QED) is 0.692. The van der Waals surface area contributed by atoms with E-state index in [-0.39, 0.29) is 10.9 Å². The van der Waals surface area contributed by atoms with Crippen molar-refractivity contribution in [2.45, 2.75) is 6.18 Å². The number of aromatic nitrogens is 3. The molecule has 0 saturated carbocycles. The molecule has 0 unspecified atom stereocenters. The summed E-state index contributed by atoms with van der Waals surface area (Å²) >= 11 is 0. The average molecular weight is 339 g/mol. The van der Waals surface area contributed by atoms with Crippen LogP contribution < -0.4 is 10.2 Å². The van der Waals surface area contributed by atoms with Gasteiger partial charge in [0.15, 0.2) is 0 Å². The van der Waals surface area contributed by atoms with E-state index < -0.39 is 17.6 Å². The molecule has 2 aromatic heterocycles. The normalized spacial score (nSPS) is 16.2. The summed E-state index contributed by atoms with van der Waals surface area (Å²) < 4.78 is 54.7. The van der Waals surface area contributed by atoms with Crippen LogP contribution in [0.5, 0.6) is 0 Å². The molecule has 126 valence electrons. The highest BCUT2D eigenvalue weighted by atomic mass is 19.4. The van der Waals surface area contributed by atoms with E-state index in [1.165, 1.54) is 10.7 Å². The van der Waals surface area contributed by atoms with Crippen LogP contribution in [0.25, 0.3) is 16.4 Å². The Morgan fingerprint density at radius 1 is 1.12 bits per heavy atom. The minimum atomic E-state index is -4.62. The van der Waals surface area contributed by atoms with Crippen LogP contribution in [-0.2, 0) is 6.18 Å². The van der Waals surface area contributed by atoms with E-state index in [2.05, 4.69) is 15.4 Å². The van der Waals surface area contributed by atoms with Crippen LogP contribution in [0.4, 0.5) is 23.5 Å². The summed E-state index contributed by atoms with van der Waals surface area (Å²) in [5.74, 6) is -0.553. The Kier molecular flexibility index (Phi) is 3.34. The number of fused-ring (bicyclic) bond motifs is 3. The van der Waals surface area contributed by atoms with E-state index in [4.69, 9.17) is 0 Å². The molecule has 1 N–H and O–H groups in total. The Balaban J connectivity index is 2.00. The van der Waals surface area contributed by atoms with Gasteiger partial charge in [-0.3, -0.25) is 0 Å². The summed E-state index contributed by atoms with van der Waals surface area (Å²) in [5, 5.41) is 7.45. The van der Waals surface area contributed by atoms with Gasteiger partial charge in [-0.15, -0.1) is 0 Å². The van der Waals surface area contributed by atoms with Gasteiger partial charge in [-0.25, -0.2) is 9.37 Å². The predicted molar refractivity (Wildman–Crippen MR) is 80.5 cm³/mol. The molecule has 0 aliphatic carbocycles. The molecule has 0 radical (unpaired) electrons. The van der Waals surface area contributed by atoms with Crippen molar-refractivity contribution >= 4 is 22.4 Å². The second-order valence-corrected chi connectivity index (χ2v) is 5.63. The van der Waals surface area contributed by atoms with Gasteiger partial charge in [0.25, 0.3) is 0 Å². The van der Waals surface area contributed by atoms with Gasteiger partial charge >= 0.3 is 6.18 Å². The van der Waals surface area contributed by atoms with Gasteiger partial charge in [0.2, 0.25) is 5.95 Å². The maximum Gasteiger partial charge on any atom is 0.416 e. The molecule has 1 fully saturated rings. The first-order valence-corrected chi connectivity index (χ1v) is 7.45. The minimum absolute atomic E-state index is 0.0791. The smallest absolute Gasteiger partial charge is 0.338 e. The number of alkyl halides is 3. The predicted octanol–water partition coefficient (Wildman–Crippen LogP) is 2.45. The summed E-state index contributed by atoms with van der Waals surface area (Å²) in [4.78, 5) is 6.22. The lowest BCUT2D eigenvalue weighted by Gasteiger charge is -2.28. The zero-order chi connectivity index (χ0) is 16.9. The molecule has 0 spiro atoms. The lowest BCUT2D eigenvalue weighted by molar-refractivity contribution is -0.137. The molecule has 1 aliphatic heterocycles. The largest absolute Gasteiger partial charge is 0.416 e. The van der Waals surface area contributed by atoms with E-state index in [0.717, 1.165) is 19.2 Å². The Morgan fingerprint density at radius 2 is 1.88 bits per heavy atom. The number of benzene rings is 1. The molecule has 1 aromatic carbocycles. The third-order valence-corrected chi connectivity index (χ3v) is 4.11. The highest BCUT2D eigenvalue weighted by molar-refractivity contribution is 5.95. The number of piperazine rings is 1. The lowest BCUT2D eigenvalue weighted by atomic mass is 10.1. The first kappa shape index (κ1) is 15.1. The van der Waals surface area contributed by atoms with Crippen LogP contribution in [0, 0.1) is 5.82 Å². The minimum Gasteiger partial charge on any atom is -0.338 e. The number of halogens is 4. The topological polar surface area (TPSA) is 45.5 Å². The first-order chi connectivity index (χ1) is 11.4. The Hall–Kier alpha value is -2.42. The maximum absolute atomic E-state index is 14.3.